The first kappa shape index (κ1) is 18.9. The van der Waals surface area contributed by atoms with Crippen molar-refractivity contribution in [1.82, 2.24) is 4.90 Å². The van der Waals surface area contributed by atoms with E-state index in [9.17, 15) is 33.4 Å². The van der Waals surface area contributed by atoms with Gasteiger partial charge < -0.3 is 9.80 Å². The summed E-state index contributed by atoms with van der Waals surface area (Å²) in [6.45, 7) is 0.567. The predicted molar refractivity (Wildman–Crippen MR) is 83.7 cm³/mol. The number of nitro benzene ring substituents is 2. The van der Waals surface area contributed by atoms with Crippen molar-refractivity contribution < 1.29 is 23.0 Å². The highest BCUT2D eigenvalue weighted by atomic mass is 19.4. The highest BCUT2D eigenvalue weighted by Crippen LogP contribution is 2.43. The number of nitrogens with zero attached hydrogens (tertiary/aromatic N) is 4. The van der Waals surface area contributed by atoms with Crippen molar-refractivity contribution in [1.29, 1.82) is 0 Å². The zero-order chi connectivity index (χ0) is 18.9. The maximum Gasteiger partial charge on any atom is 0.416 e. The number of likely N-dealkylation sites (N-methyl/N-ethyl adjacent to an activating group) is 1. The van der Waals surface area contributed by atoms with Crippen molar-refractivity contribution in [3.05, 3.63) is 37.9 Å². The van der Waals surface area contributed by atoms with Crippen LogP contribution in [0, 0.1) is 20.2 Å². The lowest BCUT2D eigenvalue weighted by molar-refractivity contribution is -0.393. The van der Waals surface area contributed by atoms with Crippen molar-refractivity contribution >= 4 is 17.1 Å². The number of piperidine rings is 1. The van der Waals surface area contributed by atoms with Crippen LogP contribution in [0.15, 0.2) is 12.1 Å². The maximum absolute atomic E-state index is 13.0. The average Bonchev–Trinajstić information content (AvgIpc) is 2.52. The summed E-state index contributed by atoms with van der Waals surface area (Å²) in [7, 11) is 3.62. The van der Waals surface area contributed by atoms with Crippen LogP contribution in [-0.4, -0.2) is 48.0 Å². The molecule has 0 N–H and O–H groups in total. The van der Waals surface area contributed by atoms with Crippen LogP contribution in [0.25, 0.3) is 0 Å². The molecule has 0 bridgehead atoms. The number of nitro groups is 2. The Labute approximate surface area is 141 Å². The standard InChI is InChI=1S/C14H17F3N4O4/c1-18(2)10-4-3-5-19(8-10)13-11(20(22)23)6-9(14(15,16)17)7-12(13)21(24)25/h6-7,10H,3-5,8H2,1-2H3. The monoisotopic (exact) mass is 362 g/mol. The summed E-state index contributed by atoms with van der Waals surface area (Å²) in [5.41, 5.74) is -3.58. The smallest absolute Gasteiger partial charge is 0.359 e. The molecule has 2 rings (SSSR count). The Morgan fingerprint density at radius 3 is 2.08 bits per heavy atom. The molecule has 0 aromatic heterocycles. The second kappa shape index (κ2) is 6.82. The molecular formula is C14H17F3N4O4. The number of halogens is 3. The molecule has 8 nitrogen and oxygen atoms in total. The number of anilines is 1. The molecule has 25 heavy (non-hydrogen) atoms. The molecule has 11 heteroatoms. The van der Waals surface area contributed by atoms with Gasteiger partial charge in [-0.2, -0.15) is 13.2 Å². The van der Waals surface area contributed by atoms with E-state index in [2.05, 4.69) is 0 Å². The Hall–Kier alpha value is -2.43. The lowest BCUT2D eigenvalue weighted by atomic mass is 10.0. The van der Waals surface area contributed by atoms with Gasteiger partial charge in [-0.3, -0.25) is 20.2 Å². The van der Waals surface area contributed by atoms with Crippen molar-refractivity contribution in [3.63, 3.8) is 0 Å². The first-order valence-electron chi connectivity index (χ1n) is 7.47. The zero-order valence-corrected chi connectivity index (χ0v) is 13.6. The quantitative estimate of drug-likeness (QED) is 0.604. The maximum atomic E-state index is 13.0. The summed E-state index contributed by atoms with van der Waals surface area (Å²) in [6, 6.07) is 0.721. The van der Waals surface area contributed by atoms with Gasteiger partial charge in [-0.25, -0.2) is 0 Å². The number of rotatable bonds is 4. The molecule has 0 aliphatic carbocycles. The summed E-state index contributed by atoms with van der Waals surface area (Å²) < 4.78 is 38.9. The van der Waals surface area contributed by atoms with Crippen LogP contribution in [-0.2, 0) is 6.18 Å². The molecule has 0 saturated carbocycles. The third-order valence-electron chi connectivity index (χ3n) is 4.23. The van der Waals surface area contributed by atoms with Gasteiger partial charge in [-0.15, -0.1) is 0 Å². The van der Waals surface area contributed by atoms with Gasteiger partial charge in [-0.05, 0) is 26.9 Å². The zero-order valence-electron chi connectivity index (χ0n) is 13.6. The van der Waals surface area contributed by atoms with E-state index in [1.165, 1.54) is 4.90 Å². The van der Waals surface area contributed by atoms with E-state index >= 15 is 0 Å². The van der Waals surface area contributed by atoms with Gasteiger partial charge in [0.2, 0.25) is 0 Å². The van der Waals surface area contributed by atoms with Crippen molar-refractivity contribution in [2.75, 3.05) is 32.1 Å². The van der Waals surface area contributed by atoms with Gasteiger partial charge in [0.15, 0.2) is 5.69 Å². The number of benzene rings is 1. The van der Waals surface area contributed by atoms with Crippen LogP contribution >= 0.6 is 0 Å². The van der Waals surface area contributed by atoms with Gasteiger partial charge in [0.05, 0.1) is 15.4 Å². The lowest BCUT2D eigenvalue weighted by Crippen LogP contribution is -2.45. The lowest BCUT2D eigenvalue weighted by Gasteiger charge is -2.36. The van der Waals surface area contributed by atoms with Crippen LogP contribution in [0.5, 0.6) is 0 Å². The van der Waals surface area contributed by atoms with E-state index in [0.717, 1.165) is 6.42 Å². The second-order valence-corrected chi connectivity index (χ2v) is 6.08. The van der Waals surface area contributed by atoms with Gasteiger partial charge in [-0.1, -0.05) is 0 Å². The molecule has 1 unspecified atom stereocenters. The van der Waals surface area contributed by atoms with E-state index in [4.69, 9.17) is 0 Å². The normalized spacial score (nSPS) is 18.5. The molecule has 1 aromatic rings. The van der Waals surface area contributed by atoms with Crippen LogP contribution in [0.1, 0.15) is 18.4 Å². The minimum Gasteiger partial charge on any atom is -0.359 e. The Kier molecular flexibility index (Phi) is 5.16. The predicted octanol–water partition coefficient (Wildman–Crippen LogP) is 3.05. The van der Waals surface area contributed by atoms with Crippen molar-refractivity contribution in [3.8, 4) is 0 Å². The fraction of sp³-hybridized carbons (Fsp3) is 0.571. The molecule has 1 saturated heterocycles. The van der Waals surface area contributed by atoms with Crippen molar-refractivity contribution in [2.45, 2.75) is 25.1 Å². The van der Waals surface area contributed by atoms with Gasteiger partial charge in [0, 0.05) is 31.3 Å². The summed E-state index contributed by atoms with van der Waals surface area (Å²) in [5, 5.41) is 22.6. The van der Waals surface area contributed by atoms with Gasteiger partial charge in [0.25, 0.3) is 11.4 Å². The summed E-state index contributed by atoms with van der Waals surface area (Å²) in [6.07, 6.45) is -3.49. The highest BCUT2D eigenvalue weighted by molar-refractivity contribution is 5.76. The highest BCUT2D eigenvalue weighted by Gasteiger charge is 2.40. The molecule has 1 aliphatic rings. The first-order chi connectivity index (χ1) is 11.5. The molecule has 0 amide bonds. The van der Waals surface area contributed by atoms with Crippen LogP contribution < -0.4 is 4.90 Å². The molecular weight excluding hydrogens is 345 g/mol. The number of alkyl halides is 3. The Bertz CT molecular complexity index is 658. The fourth-order valence-electron chi connectivity index (χ4n) is 2.95. The molecule has 1 fully saturated rings. The summed E-state index contributed by atoms with van der Waals surface area (Å²) in [4.78, 5) is 23.9. The third-order valence-corrected chi connectivity index (χ3v) is 4.23. The SMILES string of the molecule is CN(C)C1CCCN(c2c([N+](=O)[O-])cc(C(F)(F)F)cc2[N+](=O)[O-])C1. The first-order valence-corrected chi connectivity index (χ1v) is 7.47. The summed E-state index contributed by atoms with van der Waals surface area (Å²) >= 11 is 0. The van der Waals surface area contributed by atoms with E-state index in [0.29, 0.717) is 25.1 Å². The van der Waals surface area contributed by atoms with E-state index in [1.807, 2.05) is 19.0 Å². The van der Waals surface area contributed by atoms with Crippen molar-refractivity contribution in [2.24, 2.45) is 0 Å². The van der Waals surface area contributed by atoms with E-state index in [-0.39, 0.29) is 18.3 Å². The number of hydrogen-bond donors (Lipinski definition) is 0. The van der Waals surface area contributed by atoms with Gasteiger partial charge >= 0.3 is 6.18 Å². The molecule has 0 radical (unpaired) electrons. The molecule has 1 atom stereocenters. The Morgan fingerprint density at radius 2 is 1.68 bits per heavy atom. The van der Waals surface area contributed by atoms with E-state index in [1.54, 1.807) is 0 Å². The average molecular weight is 362 g/mol. The van der Waals surface area contributed by atoms with Gasteiger partial charge in [0.1, 0.15) is 0 Å². The Balaban J connectivity index is 2.62. The molecule has 1 heterocycles. The minimum atomic E-state index is -4.91. The van der Waals surface area contributed by atoms with Crippen LogP contribution in [0.4, 0.5) is 30.2 Å². The Morgan fingerprint density at radius 1 is 1.16 bits per heavy atom. The molecule has 1 aliphatic heterocycles. The molecule has 138 valence electrons. The van der Waals surface area contributed by atoms with Crippen LogP contribution in [0.2, 0.25) is 0 Å². The number of hydrogen-bond acceptors (Lipinski definition) is 6. The third kappa shape index (κ3) is 3.98. The summed E-state index contributed by atoms with van der Waals surface area (Å²) in [5.74, 6) is 0. The van der Waals surface area contributed by atoms with E-state index < -0.39 is 33.0 Å². The topological polar surface area (TPSA) is 92.8 Å². The fourth-order valence-corrected chi connectivity index (χ4v) is 2.95. The molecule has 1 aromatic carbocycles. The molecule has 0 spiro atoms. The minimum absolute atomic E-state index is 0.00440. The second-order valence-electron chi connectivity index (χ2n) is 6.08. The largest absolute Gasteiger partial charge is 0.416 e. The van der Waals surface area contributed by atoms with Crippen LogP contribution in [0.3, 0.4) is 0 Å².